The molecule has 1 fully saturated rings. The molecule has 0 aliphatic carbocycles. The van der Waals surface area contributed by atoms with E-state index in [4.69, 9.17) is 0 Å². The number of carbonyl (C=O) groups is 1. The van der Waals surface area contributed by atoms with Crippen molar-refractivity contribution in [1.29, 1.82) is 0 Å². The molecule has 1 aliphatic heterocycles. The Balaban J connectivity index is 1.69. The Morgan fingerprint density at radius 1 is 1.23 bits per heavy atom. The van der Waals surface area contributed by atoms with Gasteiger partial charge in [0.15, 0.2) is 4.80 Å². The van der Waals surface area contributed by atoms with Gasteiger partial charge in [-0.25, -0.2) is 12.8 Å². The van der Waals surface area contributed by atoms with Crippen LogP contribution in [0.1, 0.15) is 12.8 Å². The molecule has 1 amide bonds. The average Bonchev–Trinajstić information content (AvgIpc) is 3.38. The fourth-order valence-corrected chi connectivity index (χ4v) is 6.77. The van der Waals surface area contributed by atoms with Crippen LogP contribution in [0, 0.1) is 5.82 Å². The number of hydrogen-bond donors (Lipinski definition) is 0. The Hall–Kier alpha value is -2.01. The fourth-order valence-electron chi connectivity index (χ4n) is 3.69. The number of aromatic nitrogens is 1. The highest BCUT2D eigenvalue weighted by molar-refractivity contribution is 7.98. The molecule has 0 radical (unpaired) electrons. The molecule has 0 bridgehead atoms. The minimum absolute atomic E-state index is 0.0227. The summed E-state index contributed by atoms with van der Waals surface area (Å²) >= 11 is 3.13. The van der Waals surface area contributed by atoms with E-state index in [2.05, 4.69) is 4.99 Å². The van der Waals surface area contributed by atoms with E-state index in [1.54, 1.807) is 11.8 Å². The quantitative estimate of drug-likeness (QED) is 0.543. The molecular weight excluding hydrogens is 457 g/mol. The third-order valence-electron chi connectivity index (χ3n) is 5.22. The maximum Gasteiger partial charge on any atom is 0.266 e. The number of sulfonamides is 1. The molecule has 0 N–H and O–H groups in total. The van der Waals surface area contributed by atoms with E-state index in [9.17, 15) is 17.6 Å². The minimum Gasteiger partial charge on any atom is -0.316 e. The summed E-state index contributed by atoms with van der Waals surface area (Å²) in [6, 6.07) is 11.7. The topological polar surface area (TPSA) is 71.7 Å². The number of hydrogen-bond acceptors (Lipinski definition) is 5. The number of aryl methyl sites for hydroxylation is 1. The molecule has 4 rings (SSSR count). The Kier molecular flexibility index (Phi) is 6.61. The fraction of sp³-hybridized carbons (Fsp3) is 0.333. The summed E-state index contributed by atoms with van der Waals surface area (Å²) < 4.78 is 43.6. The van der Waals surface area contributed by atoms with Gasteiger partial charge in [-0.15, -0.1) is 0 Å². The van der Waals surface area contributed by atoms with E-state index in [1.807, 2.05) is 35.1 Å². The number of halogens is 1. The van der Waals surface area contributed by atoms with Gasteiger partial charge in [-0.1, -0.05) is 23.5 Å². The molecule has 3 aromatic rings. The van der Waals surface area contributed by atoms with E-state index >= 15 is 0 Å². The second-order valence-corrected chi connectivity index (χ2v) is 11.1. The molecule has 31 heavy (non-hydrogen) atoms. The number of thiazole rings is 1. The Bertz CT molecular complexity index is 1270. The number of nitrogens with zero attached hydrogens (tertiary/aromatic N) is 3. The summed E-state index contributed by atoms with van der Waals surface area (Å²) in [5.41, 5.74) is 1.01. The molecule has 1 atom stereocenters. The van der Waals surface area contributed by atoms with Crippen LogP contribution in [0.4, 0.5) is 4.39 Å². The zero-order valence-corrected chi connectivity index (χ0v) is 19.4. The zero-order valence-electron chi connectivity index (χ0n) is 16.9. The molecule has 1 aromatic heterocycles. The van der Waals surface area contributed by atoms with E-state index < -0.39 is 27.8 Å². The highest BCUT2D eigenvalue weighted by Gasteiger charge is 2.39. The first-order valence-electron chi connectivity index (χ1n) is 9.85. The Morgan fingerprint density at radius 2 is 1.97 bits per heavy atom. The molecule has 6 nitrogen and oxygen atoms in total. The normalized spacial score (nSPS) is 18.1. The van der Waals surface area contributed by atoms with E-state index in [1.165, 1.54) is 27.8 Å². The maximum absolute atomic E-state index is 13.2. The molecule has 1 aliphatic rings. The van der Waals surface area contributed by atoms with Gasteiger partial charge in [0.05, 0.1) is 15.1 Å². The Labute approximate surface area is 188 Å². The van der Waals surface area contributed by atoms with E-state index in [0.717, 1.165) is 28.1 Å². The predicted octanol–water partition coefficient (Wildman–Crippen LogP) is 3.49. The first-order valence-corrected chi connectivity index (χ1v) is 13.5. The SMILES string of the molecule is CSCCn1c(=NC(=O)C2CCCN2S(=O)(=O)c2ccc(F)cc2)sc2ccccc21. The van der Waals surface area contributed by atoms with Gasteiger partial charge in [-0.3, -0.25) is 4.79 Å². The van der Waals surface area contributed by atoms with Crippen molar-refractivity contribution in [2.75, 3.05) is 18.6 Å². The van der Waals surface area contributed by atoms with Crippen molar-refractivity contribution in [2.24, 2.45) is 4.99 Å². The van der Waals surface area contributed by atoms with Crippen LogP contribution in [-0.4, -0.2) is 47.8 Å². The number of fused-ring (bicyclic) bond motifs is 1. The Morgan fingerprint density at radius 3 is 2.71 bits per heavy atom. The highest BCUT2D eigenvalue weighted by Crippen LogP contribution is 2.27. The first-order chi connectivity index (χ1) is 14.9. The largest absolute Gasteiger partial charge is 0.316 e. The number of carbonyl (C=O) groups excluding carboxylic acids is 1. The molecule has 1 saturated heterocycles. The van der Waals surface area contributed by atoms with Gasteiger partial charge < -0.3 is 4.57 Å². The summed E-state index contributed by atoms with van der Waals surface area (Å²) in [5.74, 6) is -0.105. The summed E-state index contributed by atoms with van der Waals surface area (Å²) in [6.45, 7) is 0.948. The number of para-hydroxylation sites is 1. The summed E-state index contributed by atoms with van der Waals surface area (Å²) in [4.78, 5) is 18.0. The van der Waals surface area contributed by atoms with Gasteiger partial charge in [-0.2, -0.15) is 21.1 Å². The molecule has 2 heterocycles. The van der Waals surface area contributed by atoms with Crippen molar-refractivity contribution in [3.8, 4) is 0 Å². The lowest BCUT2D eigenvalue weighted by Gasteiger charge is -2.21. The van der Waals surface area contributed by atoms with Gasteiger partial charge in [0, 0.05) is 18.8 Å². The van der Waals surface area contributed by atoms with Crippen LogP contribution in [0.5, 0.6) is 0 Å². The van der Waals surface area contributed by atoms with Crippen molar-refractivity contribution in [1.82, 2.24) is 8.87 Å². The van der Waals surface area contributed by atoms with Crippen LogP contribution in [-0.2, 0) is 21.4 Å². The molecule has 10 heteroatoms. The monoisotopic (exact) mass is 479 g/mol. The number of rotatable bonds is 6. The van der Waals surface area contributed by atoms with Crippen molar-refractivity contribution < 1.29 is 17.6 Å². The summed E-state index contributed by atoms with van der Waals surface area (Å²) in [7, 11) is -3.91. The lowest BCUT2D eigenvalue weighted by Crippen LogP contribution is -2.40. The number of amides is 1. The van der Waals surface area contributed by atoms with Crippen LogP contribution in [0.2, 0.25) is 0 Å². The van der Waals surface area contributed by atoms with Gasteiger partial charge >= 0.3 is 0 Å². The number of benzene rings is 2. The lowest BCUT2D eigenvalue weighted by molar-refractivity contribution is -0.121. The summed E-state index contributed by atoms with van der Waals surface area (Å²) in [5, 5.41) is 0. The van der Waals surface area contributed by atoms with Crippen LogP contribution >= 0.6 is 23.1 Å². The zero-order chi connectivity index (χ0) is 22.0. The van der Waals surface area contributed by atoms with E-state index in [-0.39, 0.29) is 11.4 Å². The molecule has 0 spiro atoms. The maximum atomic E-state index is 13.2. The second-order valence-electron chi connectivity index (χ2n) is 7.17. The van der Waals surface area contributed by atoms with Crippen LogP contribution in [0.15, 0.2) is 58.4 Å². The molecule has 164 valence electrons. The van der Waals surface area contributed by atoms with Gasteiger partial charge in [0.1, 0.15) is 11.9 Å². The van der Waals surface area contributed by atoms with Gasteiger partial charge in [-0.05, 0) is 55.5 Å². The minimum atomic E-state index is -3.91. The van der Waals surface area contributed by atoms with Crippen molar-refractivity contribution >= 4 is 49.2 Å². The molecule has 0 saturated carbocycles. The first kappa shape index (κ1) is 22.2. The predicted molar refractivity (Wildman–Crippen MR) is 122 cm³/mol. The van der Waals surface area contributed by atoms with E-state index in [0.29, 0.717) is 24.2 Å². The molecule has 1 unspecified atom stereocenters. The third-order valence-corrected chi connectivity index (χ3v) is 8.79. The van der Waals surface area contributed by atoms with Crippen molar-refractivity contribution in [2.45, 2.75) is 30.3 Å². The highest BCUT2D eigenvalue weighted by atomic mass is 32.2. The van der Waals surface area contributed by atoms with Gasteiger partial charge in [0.2, 0.25) is 10.0 Å². The van der Waals surface area contributed by atoms with Crippen LogP contribution < -0.4 is 4.80 Å². The van der Waals surface area contributed by atoms with Crippen LogP contribution in [0.25, 0.3) is 10.2 Å². The second kappa shape index (κ2) is 9.23. The van der Waals surface area contributed by atoms with Gasteiger partial charge in [0.25, 0.3) is 5.91 Å². The third kappa shape index (κ3) is 4.48. The lowest BCUT2D eigenvalue weighted by atomic mass is 10.2. The summed E-state index contributed by atoms with van der Waals surface area (Å²) in [6.07, 6.45) is 3.01. The molecular formula is C21H22FN3O3S3. The average molecular weight is 480 g/mol. The smallest absolute Gasteiger partial charge is 0.266 e. The number of thioether (sulfide) groups is 1. The van der Waals surface area contributed by atoms with Crippen LogP contribution in [0.3, 0.4) is 0 Å². The van der Waals surface area contributed by atoms with Crippen molar-refractivity contribution in [3.05, 3.63) is 59.1 Å². The standard InChI is InChI=1S/C21H22FN3O3S3/c1-29-14-13-24-17-5-2-3-7-19(17)30-21(24)23-20(26)18-6-4-12-25(18)31(27,28)16-10-8-15(22)9-11-16/h2-3,5,7-11,18H,4,6,12-14H2,1H3. The van der Waals surface area contributed by atoms with Crippen molar-refractivity contribution in [3.63, 3.8) is 0 Å². The molecule has 2 aromatic carbocycles.